The van der Waals surface area contributed by atoms with Crippen LogP contribution in [0.5, 0.6) is 0 Å². The molecule has 0 radical (unpaired) electrons. The Morgan fingerprint density at radius 3 is 2.58 bits per heavy atom. The topological polar surface area (TPSA) is 103 Å². The number of aromatic nitrogens is 3. The molecule has 0 fully saturated rings. The molecule has 0 aliphatic carbocycles. The highest BCUT2D eigenvalue weighted by Crippen LogP contribution is 2.19. The van der Waals surface area contributed by atoms with Crippen LogP contribution in [-0.4, -0.2) is 25.8 Å². The lowest BCUT2D eigenvalue weighted by atomic mass is 10.1. The van der Waals surface area contributed by atoms with Crippen LogP contribution in [-0.2, 0) is 0 Å². The highest BCUT2D eigenvalue weighted by Gasteiger charge is 2.18. The van der Waals surface area contributed by atoms with E-state index in [0.29, 0.717) is 11.4 Å². The molecule has 0 spiro atoms. The molecule has 8 nitrogen and oxygen atoms in total. The monoisotopic (exact) mass is 351 g/mol. The first kappa shape index (κ1) is 17.3. The second-order valence-electron chi connectivity index (χ2n) is 5.97. The molecule has 1 N–H and O–H groups in total. The molecule has 0 saturated carbocycles. The summed E-state index contributed by atoms with van der Waals surface area (Å²) >= 11 is 0. The predicted octanol–water partition coefficient (Wildman–Crippen LogP) is 3.35. The van der Waals surface area contributed by atoms with Crippen molar-refractivity contribution in [1.82, 2.24) is 15.0 Å². The molecule has 0 unspecified atom stereocenters. The number of carbonyl (C=O) groups is 1. The predicted molar refractivity (Wildman–Crippen MR) is 96.6 cm³/mol. The summed E-state index contributed by atoms with van der Waals surface area (Å²) in [6.45, 7) is 5.63. The number of non-ortho nitro benzene ring substituents is 1. The highest BCUT2D eigenvalue weighted by atomic mass is 16.6. The Morgan fingerprint density at radius 2 is 1.88 bits per heavy atom. The lowest BCUT2D eigenvalue weighted by molar-refractivity contribution is -0.384. The lowest BCUT2D eigenvalue weighted by Crippen LogP contribution is -2.14. The van der Waals surface area contributed by atoms with Crippen LogP contribution in [0.25, 0.3) is 5.69 Å². The van der Waals surface area contributed by atoms with Crippen LogP contribution in [0, 0.1) is 30.9 Å². The van der Waals surface area contributed by atoms with Gasteiger partial charge in [-0.05, 0) is 38.5 Å². The molecule has 0 bridgehead atoms. The van der Waals surface area contributed by atoms with Gasteiger partial charge < -0.3 is 5.32 Å². The van der Waals surface area contributed by atoms with Crippen LogP contribution in [0.15, 0.2) is 42.5 Å². The minimum atomic E-state index is -0.517. The third-order valence-electron chi connectivity index (χ3n) is 3.88. The first-order chi connectivity index (χ1) is 12.3. The van der Waals surface area contributed by atoms with Crippen LogP contribution in [0.3, 0.4) is 0 Å². The maximum Gasteiger partial charge on any atom is 0.278 e. The van der Waals surface area contributed by atoms with E-state index in [1.165, 1.54) is 23.0 Å². The van der Waals surface area contributed by atoms with E-state index in [2.05, 4.69) is 15.5 Å². The van der Waals surface area contributed by atoms with Crippen molar-refractivity contribution >= 4 is 17.3 Å². The van der Waals surface area contributed by atoms with Crippen LogP contribution >= 0.6 is 0 Å². The average Bonchev–Trinajstić information content (AvgIpc) is 2.96. The minimum Gasteiger partial charge on any atom is -0.320 e. The third-order valence-corrected chi connectivity index (χ3v) is 3.88. The van der Waals surface area contributed by atoms with Crippen molar-refractivity contribution in [1.29, 1.82) is 0 Å². The van der Waals surface area contributed by atoms with Crippen LogP contribution in [0.1, 0.15) is 27.3 Å². The van der Waals surface area contributed by atoms with Gasteiger partial charge in [0.25, 0.3) is 11.6 Å². The summed E-state index contributed by atoms with van der Waals surface area (Å²) in [5.41, 5.74) is 3.75. The first-order valence-corrected chi connectivity index (χ1v) is 7.92. The number of carbonyl (C=O) groups excluding carboxylic acids is 1. The summed E-state index contributed by atoms with van der Waals surface area (Å²) in [5.74, 6) is -0.473. The number of nitro benzene ring substituents is 1. The number of rotatable bonds is 4. The van der Waals surface area contributed by atoms with Crippen molar-refractivity contribution in [2.75, 3.05) is 5.32 Å². The number of hydrogen-bond donors (Lipinski definition) is 1. The number of benzene rings is 2. The van der Waals surface area contributed by atoms with Gasteiger partial charge >= 0.3 is 0 Å². The van der Waals surface area contributed by atoms with Crippen molar-refractivity contribution in [3.8, 4) is 5.69 Å². The minimum absolute atomic E-state index is 0.0987. The quantitative estimate of drug-likeness (QED) is 0.573. The molecular formula is C18H17N5O3. The van der Waals surface area contributed by atoms with Gasteiger partial charge in [-0.25, -0.2) is 0 Å². The largest absolute Gasteiger partial charge is 0.320 e. The molecule has 1 heterocycles. The third kappa shape index (κ3) is 3.44. The summed E-state index contributed by atoms with van der Waals surface area (Å²) in [4.78, 5) is 24.3. The Bertz CT molecular complexity index is 1010. The molecular weight excluding hydrogens is 334 g/mol. The summed E-state index contributed by atoms with van der Waals surface area (Å²) in [5, 5.41) is 22.1. The standard InChI is InChI=1S/C18H17N5O3/c1-11-7-8-16(12(2)9-11)22-20-13(3)17(21-22)18(24)19-14-5-4-6-15(10-14)23(25)26/h4-10H,1-3H3,(H,19,24). The molecule has 8 heteroatoms. The average molecular weight is 351 g/mol. The Labute approximate surface area is 149 Å². The SMILES string of the molecule is Cc1ccc(-n2nc(C)c(C(=O)Nc3cccc([N+](=O)[O-])c3)n2)c(C)c1. The van der Waals surface area contributed by atoms with E-state index in [4.69, 9.17) is 0 Å². The van der Waals surface area contributed by atoms with Crippen molar-refractivity contribution in [2.45, 2.75) is 20.8 Å². The van der Waals surface area contributed by atoms with Crippen LogP contribution in [0.4, 0.5) is 11.4 Å². The van der Waals surface area contributed by atoms with E-state index in [-0.39, 0.29) is 11.4 Å². The molecule has 3 aromatic rings. The summed E-state index contributed by atoms with van der Waals surface area (Å²) in [7, 11) is 0. The molecule has 1 aromatic heterocycles. The van der Waals surface area contributed by atoms with Gasteiger partial charge in [0.2, 0.25) is 0 Å². The molecule has 3 rings (SSSR count). The van der Waals surface area contributed by atoms with Crippen molar-refractivity contribution in [3.05, 3.63) is 75.1 Å². The number of amides is 1. The maximum atomic E-state index is 12.5. The molecule has 2 aromatic carbocycles. The zero-order valence-electron chi connectivity index (χ0n) is 14.6. The molecule has 0 aliphatic rings. The normalized spacial score (nSPS) is 10.6. The van der Waals surface area contributed by atoms with Gasteiger partial charge in [0.1, 0.15) is 0 Å². The Morgan fingerprint density at radius 1 is 1.12 bits per heavy atom. The molecule has 132 valence electrons. The molecule has 0 saturated heterocycles. The fourth-order valence-corrected chi connectivity index (χ4v) is 2.61. The smallest absolute Gasteiger partial charge is 0.278 e. The zero-order chi connectivity index (χ0) is 18.8. The summed E-state index contributed by atoms with van der Waals surface area (Å²) < 4.78 is 0. The van der Waals surface area contributed by atoms with Crippen molar-refractivity contribution < 1.29 is 9.72 Å². The van der Waals surface area contributed by atoms with Crippen LogP contribution < -0.4 is 5.32 Å². The van der Waals surface area contributed by atoms with E-state index >= 15 is 0 Å². The van der Waals surface area contributed by atoms with E-state index in [1.54, 1.807) is 13.0 Å². The second-order valence-corrected chi connectivity index (χ2v) is 5.97. The van der Waals surface area contributed by atoms with Gasteiger partial charge in [-0.15, -0.1) is 5.10 Å². The Balaban J connectivity index is 1.88. The van der Waals surface area contributed by atoms with Crippen molar-refractivity contribution in [3.63, 3.8) is 0 Å². The zero-order valence-corrected chi connectivity index (χ0v) is 14.6. The Hall–Kier alpha value is -3.55. The number of nitrogens with zero attached hydrogens (tertiary/aromatic N) is 4. The fraction of sp³-hybridized carbons (Fsp3) is 0.167. The fourth-order valence-electron chi connectivity index (χ4n) is 2.61. The summed E-state index contributed by atoms with van der Waals surface area (Å²) in [6, 6.07) is 11.6. The van der Waals surface area contributed by atoms with E-state index in [1.807, 2.05) is 32.0 Å². The molecule has 1 amide bonds. The maximum absolute atomic E-state index is 12.5. The van der Waals surface area contributed by atoms with E-state index in [9.17, 15) is 14.9 Å². The van der Waals surface area contributed by atoms with Gasteiger partial charge in [0.15, 0.2) is 5.69 Å². The Kier molecular flexibility index (Phi) is 4.49. The van der Waals surface area contributed by atoms with Gasteiger partial charge in [-0.1, -0.05) is 23.8 Å². The van der Waals surface area contributed by atoms with Crippen LogP contribution in [0.2, 0.25) is 0 Å². The highest BCUT2D eigenvalue weighted by molar-refractivity contribution is 6.03. The molecule has 0 atom stereocenters. The van der Waals surface area contributed by atoms with Gasteiger partial charge in [0.05, 0.1) is 16.3 Å². The van der Waals surface area contributed by atoms with E-state index < -0.39 is 10.8 Å². The van der Waals surface area contributed by atoms with E-state index in [0.717, 1.165) is 16.8 Å². The molecule has 26 heavy (non-hydrogen) atoms. The number of hydrogen-bond acceptors (Lipinski definition) is 5. The number of aryl methyl sites for hydroxylation is 3. The number of anilines is 1. The van der Waals surface area contributed by atoms with Crippen molar-refractivity contribution in [2.24, 2.45) is 0 Å². The second kappa shape index (κ2) is 6.75. The molecule has 0 aliphatic heterocycles. The first-order valence-electron chi connectivity index (χ1n) is 7.92. The van der Waals surface area contributed by atoms with Gasteiger partial charge in [-0.3, -0.25) is 14.9 Å². The van der Waals surface area contributed by atoms with Gasteiger partial charge in [-0.2, -0.15) is 9.90 Å². The lowest BCUT2D eigenvalue weighted by Gasteiger charge is -2.05. The number of nitro groups is 1. The number of nitrogens with one attached hydrogen (secondary N) is 1. The summed E-state index contributed by atoms with van der Waals surface area (Å²) in [6.07, 6.45) is 0. The van der Waals surface area contributed by atoms with Gasteiger partial charge in [0, 0.05) is 17.8 Å².